The van der Waals surface area contributed by atoms with Crippen molar-refractivity contribution in [3.05, 3.63) is 28.0 Å². The van der Waals surface area contributed by atoms with Crippen LogP contribution in [0, 0.1) is 5.92 Å². The van der Waals surface area contributed by atoms with E-state index >= 15 is 0 Å². The van der Waals surface area contributed by atoms with Crippen molar-refractivity contribution in [3.8, 4) is 0 Å². The Morgan fingerprint density at radius 2 is 2.16 bits per heavy atom. The zero-order valence-corrected chi connectivity index (χ0v) is 11.4. The molecule has 1 aliphatic carbocycles. The molecule has 1 aromatic rings. The second-order valence-corrected chi connectivity index (χ2v) is 5.65. The maximum atomic E-state index is 12.0. The SMILES string of the molecule is O=C(O)C=Cc1ccsc1C(=O)NCC1CCCC1. The van der Waals surface area contributed by atoms with Crippen LogP contribution in [0.25, 0.3) is 6.08 Å². The van der Waals surface area contributed by atoms with Crippen LogP contribution in [0.3, 0.4) is 0 Å². The molecule has 2 rings (SSSR count). The lowest BCUT2D eigenvalue weighted by Crippen LogP contribution is -2.28. The molecular weight excluding hydrogens is 262 g/mol. The van der Waals surface area contributed by atoms with Gasteiger partial charge in [0.1, 0.15) is 0 Å². The number of aliphatic carboxylic acids is 1. The van der Waals surface area contributed by atoms with Crippen molar-refractivity contribution in [2.75, 3.05) is 6.54 Å². The van der Waals surface area contributed by atoms with Gasteiger partial charge in [-0.2, -0.15) is 0 Å². The molecule has 0 unspecified atom stereocenters. The molecular formula is C14H17NO3S. The average molecular weight is 279 g/mol. The highest BCUT2D eigenvalue weighted by molar-refractivity contribution is 7.12. The van der Waals surface area contributed by atoms with E-state index in [2.05, 4.69) is 5.32 Å². The van der Waals surface area contributed by atoms with Crippen LogP contribution in [-0.2, 0) is 4.79 Å². The minimum absolute atomic E-state index is 0.105. The van der Waals surface area contributed by atoms with Gasteiger partial charge in [0.2, 0.25) is 0 Å². The molecule has 1 amide bonds. The summed E-state index contributed by atoms with van der Waals surface area (Å²) in [4.78, 5) is 23.1. The second-order valence-electron chi connectivity index (χ2n) is 4.74. The number of rotatable bonds is 5. The Morgan fingerprint density at radius 1 is 1.42 bits per heavy atom. The van der Waals surface area contributed by atoms with Gasteiger partial charge in [-0.1, -0.05) is 12.8 Å². The van der Waals surface area contributed by atoms with Crippen LogP contribution in [0.15, 0.2) is 17.5 Å². The van der Waals surface area contributed by atoms with Gasteiger partial charge >= 0.3 is 5.97 Å². The van der Waals surface area contributed by atoms with Crippen molar-refractivity contribution in [3.63, 3.8) is 0 Å². The van der Waals surface area contributed by atoms with Gasteiger partial charge in [0, 0.05) is 12.6 Å². The Labute approximate surface area is 116 Å². The standard InChI is InChI=1S/C14H17NO3S/c16-12(17)6-5-11-7-8-19-13(11)14(18)15-9-10-3-1-2-4-10/h5-8,10H,1-4,9H2,(H,15,18)(H,16,17). The highest BCUT2D eigenvalue weighted by atomic mass is 32.1. The molecule has 4 nitrogen and oxygen atoms in total. The lowest BCUT2D eigenvalue weighted by atomic mass is 10.1. The van der Waals surface area contributed by atoms with Crippen molar-refractivity contribution < 1.29 is 14.7 Å². The van der Waals surface area contributed by atoms with Gasteiger partial charge in [0.05, 0.1) is 4.88 Å². The van der Waals surface area contributed by atoms with Gasteiger partial charge in [-0.15, -0.1) is 11.3 Å². The minimum atomic E-state index is -1.01. The number of nitrogens with one attached hydrogen (secondary N) is 1. The van der Waals surface area contributed by atoms with E-state index in [0.717, 1.165) is 12.6 Å². The number of carbonyl (C=O) groups is 2. The maximum Gasteiger partial charge on any atom is 0.328 e. The zero-order valence-electron chi connectivity index (χ0n) is 10.6. The van der Waals surface area contributed by atoms with Gasteiger partial charge in [-0.05, 0) is 41.8 Å². The van der Waals surface area contributed by atoms with Gasteiger partial charge in [-0.25, -0.2) is 4.79 Å². The molecule has 0 bridgehead atoms. The van der Waals surface area contributed by atoms with E-state index in [1.165, 1.54) is 43.1 Å². The maximum absolute atomic E-state index is 12.0. The van der Waals surface area contributed by atoms with Gasteiger partial charge in [0.15, 0.2) is 0 Å². The molecule has 1 fully saturated rings. The molecule has 0 radical (unpaired) electrons. The third-order valence-corrected chi connectivity index (χ3v) is 4.26. The number of carboxylic acids is 1. The van der Waals surface area contributed by atoms with Gasteiger partial charge < -0.3 is 10.4 Å². The largest absolute Gasteiger partial charge is 0.478 e. The molecule has 0 spiro atoms. The van der Waals surface area contributed by atoms with Crippen LogP contribution in [0.5, 0.6) is 0 Å². The van der Waals surface area contributed by atoms with Gasteiger partial charge in [0.25, 0.3) is 5.91 Å². The normalized spacial score (nSPS) is 16.0. The monoisotopic (exact) mass is 279 g/mol. The van der Waals surface area contributed by atoms with Gasteiger partial charge in [-0.3, -0.25) is 4.79 Å². The molecule has 1 aromatic heterocycles. The lowest BCUT2D eigenvalue weighted by Gasteiger charge is -2.10. The molecule has 1 aliphatic rings. The van der Waals surface area contributed by atoms with E-state index in [1.807, 2.05) is 0 Å². The van der Waals surface area contributed by atoms with Crippen LogP contribution >= 0.6 is 11.3 Å². The quantitative estimate of drug-likeness (QED) is 0.814. The van der Waals surface area contributed by atoms with Crippen LogP contribution in [0.2, 0.25) is 0 Å². The number of thiophene rings is 1. The first-order chi connectivity index (χ1) is 9.16. The van der Waals surface area contributed by atoms with E-state index in [-0.39, 0.29) is 5.91 Å². The Kier molecular flexibility index (Phi) is 4.74. The van der Waals surface area contributed by atoms with E-state index in [9.17, 15) is 9.59 Å². The third-order valence-electron chi connectivity index (χ3n) is 3.33. The predicted molar refractivity (Wildman–Crippen MR) is 75.3 cm³/mol. The molecule has 1 heterocycles. The summed E-state index contributed by atoms with van der Waals surface area (Å²) in [6, 6.07) is 1.76. The molecule has 2 N–H and O–H groups in total. The number of hydrogen-bond donors (Lipinski definition) is 2. The second kappa shape index (κ2) is 6.52. The summed E-state index contributed by atoms with van der Waals surface area (Å²) in [5, 5.41) is 13.3. The molecule has 0 aromatic carbocycles. The molecule has 0 atom stereocenters. The number of amides is 1. The van der Waals surface area contributed by atoms with Crippen molar-refractivity contribution in [1.82, 2.24) is 5.32 Å². The Morgan fingerprint density at radius 3 is 2.84 bits per heavy atom. The molecule has 5 heteroatoms. The molecule has 1 saturated carbocycles. The summed E-state index contributed by atoms with van der Waals surface area (Å²) >= 11 is 1.34. The highest BCUT2D eigenvalue weighted by Gasteiger charge is 2.17. The van der Waals surface area contributed by atoms with E-state index < -0.39 is 5.97 Å². The van der Waals surface area contributed by atoms with Crippen molar-refractivity contribution in [2.45, 2.75) is 25.7 Å². The summed E-state index contributed by atoms with van der Waals surface area (Å²) in [7, 11) is 0. The smallest absolute Gasteiger partial charge is 0.328 e. The first kappa shape index (κ1) is 13.8. The first-order valence-corrected chi connectivity index (χ1v) is 7.31. The minimum Gasteiger partial charge on any atom is -0.478 e. The van der Waals surface area contributed by atoms with Crippen LogP contribution in [-0.4, -0.2) is 23.5 Å². The Hall–Kier alpha value is -1.62. The number of carbonyl (C=O) groups excluding carboxylic acids is 1. The Balaban J connectivity index is 1.94. The third kappa shape index (κ3) is 3.92. The summed E-state index contributed by atoms with van der Waals surface area (Å²) in [6.07, 6.45) is 7.41. The Bertz CT molecular complexity index is 487. The van der Waals surface area contributed by atoms with Crippen LogP contribution in [0.4, 0.5) is 0 Å². The predicted octanol–water partition coefficient (Wildman–Crippen LogP) is 2.77. The summed E-state index contributed by atoms with van der Waals surface area (Å²) in [6.45, 7) is 0.721. The zero-order chi connectivity index (χ0) is 13.7. The fourth-order valence-electron chi connectivity index (χ4n) is 2.33. The van der Waals surface area contributed by atoms with Crippen LogP contribution < -0.4 is 5.32 Å². The summed E-state index contributed by atoms with van der Waals surface area (Å²) in [5.41, 5.74) is 0.663. The molecule has 0 saturated heterocycles. The summed E-state index contributed by atoms with van der Waals surface area (Å²) < 4.78 is 0. The molecule has 102 valence electrons. The number of carboxylic acid groups (broad SMARTS) is 1. The number of hydrogen-bond acceptors (Lipinski definition) is 3. The van der Waals surface area contributed by atoms with Crippen LogP contribution in [0.1, 0.15) is 40.9 Å². The lowest BCUT2D eigenvalue weighted by molar-refractivity contribution is -0.131. The topological polar surface area (TPSA) is 66.4 Å². The van der Waals surface area contributed by atoms with E-state index in [1.54, 1.807) is 11.4 Å². The van der Waals surface area contributed by atoms with Crippen molar-refractivity contribution in [1.29, 1.82) is 0 Å². The van der Waals surface area contributed by atoms with Crippen molar-refractivity contribution >= 4 is 29.3 Å². The fourth-order valence-corrected chi connectivity index (χ4v) is 3.13. The van der Waals surface area contributed by atoms with E-state index in [0.29, 0.717) is 16.4 Å². The molecule has 19 heavy (non-hydrogen) atoms. The average Bonchev–Trinajstić information content (AvgIpc) is 3.04. The molecule has 0 aliphatic heterocycles. The fraction of sp³-hybridized carbons (Fsp3) is 0.429. The highest BCUT2D eigenvalue weighted by Crippen LogP contribution is 2.24. The summed E-state index contributed by atoms with van der Waals surface area (Å²) in [5.74, 6) is -0.516. The van der Waals surface area contributed by atoms with Crippen molar-refractivity contribution in [2.24, 2.45) is 5.92 Å². The first-order valence-electron chi connectivity index (χ1n) is 6.43. The van der Waals surface area contributed by atoms with E-state index in [4.69, 9.17) is 5.11 Å².